The summed E-state index contributed by atoms with van der Waals surface area (Å²) in [5.41, 5.74) is 5.86. The molecule has 0 radical (unpaired) electrons. The second kappa shape index (κ2) is 10.3. The fraction of sp³-hybridized carbons (Fsp3) is 0.240. The van der Waals surface area contributed by atoms with Crippen LogP contribution in [0, 0.1) is 20.8 Å². The highest BCUT2D eigenvalue weighted by Crippen LogP contribution is 2.26. The number of carbonyl (C=O) groups is 2. The highest BCUT2D eigenvalue weighted by molar-refractivity contribution is 8.00. The zero-order valence-corrected chi connectivity index (χ0v) is 19.1. The molecule has 3 rings (SSSR count). The molecule has 0 bridgehead atoms. The van der Waals surface area contributed by atoms with Gasteiger partial charge in [-0.15, -0.1) is 0 Å². The summed E-state index contributed by atoms with van der Waals surface area (Å²) in [4.78, 5) is 30.1. The van der Waals surface area contributed by atoms with Crippen molar-refractivity contribution in [3.05, 3.63) is 82.5 Å². The SMILES string of the molecule is CCc1ccc(NC(=O)CSc2nc(C)cc(C)c2C(=O)Nc2ccccc2C)cc1. The molecule has 2 amide bonds. The maximum Gasteiger partial charge on any atom is 0.258 e. The molecule has 0 saturated heterocycles. The van der Waals surface area contributed by atoms with Crippen LogP contribution in [0.4, 0.5) is 11.4 Å². The van der Waals surface area contributed by atoms with E-state index >= 15 is 0 Å². The molecule has 0 aliphatic rings. The number of anilines is 2. The minimum Gasteiger partial charge on any atom is -0.325 e. The Hall–Kier alpha value is -3.12. The van der Waals surface area contributed by atoms with E-state index in [1.807, 2.05) is 75.4 Å². The van der Waals surface area contributed by atoms with Crippen molar-refractivity contribution in [2.75, 3.05) is 16.4 Å². The Balaban J connectivity index is 1.73. The molecule has 1 aromatic heterocycles. The Morgan fingerprint density at radius 2 is 1.65 bits per heavy atom. The lowest BCUT2D eigenvalue weighted by molar-refractivity contribution is -0.113. The largest absolute Gasteiger partial charge is 0.325 e. The van der Waals surface area contributed by atoms with Gasteiger partial charge in [-0.3, -0.25) is 9.59 Å². The molecule has 3 aromatic rings. The Labute approximate surface area is 187 Å². The molecule has 0 spiro atoms. The standard InChI is InChI=1S/C25H27N3O2S/c1-5-19-10-12-20(13-11-19)27-22(29)15-31-25-23(17(3)14-18(4)26-25)24(30)28-21-9-7-6-8-16(21)2/h6-14H,5,15H2,1-4H3,(H,27,29)(H,28,30). The summed E-state index contributed by atoms with van der Waals surface area (Å²) < 4.78 is 0. The topological polar surface area (TPSA) is 71.1 Å². The van der Waals surface area contributed by atoms with Crippen LogP contribution in [-0.4, -0.2) is 22.6 Å². The number of benzene rings is 2. The van der Waals surface area contributed by atoms with Crippen molar-refractivity contribution in [3.8, 4) is 0 Å². The molecule has 5 nitrogen and oxygen atoms in total. The van der Waals surface area contributed by atoms with Crippen molar-refractivity contribution in [1.82, 2.24) is 4.98 Å². The average molecular weight is 434 g/mol. The number of amides is 2. The lowest BCUT2D eigenvalue weighted by atomic mass is 10.1. The summed E-state index contributed by atoms with van der Waals surface area (Å²) >= 11 is 1.27. The normalized spacial score (nSPS) is 10.6. The number of para-hydroxylation sites is 1. The highest BCUT2D eigenvalue weighted by Gasteiger charge is 2.19. The molecule has 0 saturated carbocycles. The predicted molar refractivity (Wildman–Crippen MR) is 128 cm³/mol. The van der Waals surface area contributed by atoms with Gasteiger partial charge in [0.05, 0.1) is 11.3 Å². The molecule has 6 heteroatoms. The van der Waals surface area contributed by atoms with Gasteiger partial charge < -0.3 is 10.6 Å². The van der Waals surface area contributed by atoms with Crippen LogP contribution < -0.4 is 10.6 Å². The van der Waals surface area contributed by atoms with E-state index in [0.717, 1.165) is 34.6 Å². The zero-order valence-electron chi connectivity index (χ0n) is 18.3. The first kappa shape index (κ1) is 22.6. The molecule has 0 fully saturated rings. The Kier molecular flexibility index (Phi) is 7.47. The number of aryl methyl sites for hydroxylation is 4. The maximum atomic E-state index is 13.1. The molecule has 0 aliphatic heterocycles. The molecule has 160 valence electrons. The van der Waals surface area contributed by atoms with Crippen LogP contribution in [0.3, 0.4) is 0 Å². The minimum absolute atomic E-state index is 0.138. The van der Waals surface area contributed by atoms with E-state index in [1.165, 1.54) is 17.3 Å². The van der Waals surface area contributed by atoms with E-state index in [1.54, 1.807) is 0 Å². The number of carbonyl (C=O) groups excluding carboxylic acids is 2. The smallest absolute Gasteiger partial charge is 0.258 e. The Bertz CT molecular complexity index is 1090. The molecule has 0 aliphatic carbocycles. The van der Waals surface area contributed by atoms with E-state index in [-0.39, 0.29) is 17.6 Å². The molecule has 1 heterocycles. The first-order chi connectivity index (χ1) is 14.9. The number of hydrogen-bond acceptors (Lipinski definition) is 4. The number of hydrogen-bond donors (Lipinski definition) is 2. The second-order valence-electron chi connectivity index (χ2n) is 7.42. The van der Waals surface area contributed by atoms with Crippen molar-refractivity contribution >= 4 is 35.0 Å². The zero-order chi connectivity index (χ0) is 22.4. The van der Waals surface area contributed by atoms with Gasteiger partial charge in [-0.1, -0.05) is 49.0 Å². The molecule has 2 N–H and O–H groups in total. The van der Waals surface area contributed by atoms with E-state index < -0.39 is 0 Å². The van der Waals surface area contributed by atoms with E-state index in [2.05, 4.69) is 22.5 Å². The van der Waals surface area contributed by atoms with Crippen molar-refractivity contribution in [2.24, 2.45) is 0 Å². The van der Waals surface area contributed by atoms with E-state index in [0.29, 0.717) is 10.6 Å². The van der Waals surface area contributed by atoms with Gasteiger partial charge in [-0.2, -0.15) is 0 Å². The summed E-state index contributed by atoms with van der Waals surface area (Å²) in [7, 11) is 0. The molecule has 0 atom stereocenters. The number of nitrogens with one attached hydrogen (secondary N) is 2. The summed E-state index contributed by atoms with van der Waals surface area (Å²) in [6, 6.07) is 17.3. The number of pyridine rings is 1. The lowest BCUT2D eigenvalue weighted by Crippen LogP contribution is -2.18. The Morgan fingerprint density at radius 3 is 2.32 bits per heavy atom. The van der Waals surface area contributed by atoms with Crippen LogP contribution in [0.2, 0.25) is 0 Å². The summed E-state index contributed by atoms with van der Waals surface area (Å²) in [5.74, 6) is -0.200. The van der Waals surface area contributed by atoms with Crippen molar-refractivity contribution in [2.45, 2.75) is 39.1 Å². The minimum atomic E-state index is -0.225. The van der Waals surface area contributed by atoms with Crippen molar-refractivity contribution in [3.63, 3.8) is 0 Å². The van der Waals surface area contributed by atoms with Crippen molar-refractivity contribution < 1.29 is 9.59 Å². The third-order valence-corrected chi connectivity index (χ3v) is 5.89. The third kappa shape index (κ3) is 5.95. The third-order valence-electron chi connectivity index (χ3n) is 4.92. The first-order valence-corrected chi connectivity index (χ1v) is 11.2. The number of rotatable bonds is 7. The molecule has 2 aromatic carbocycles. The second-order valence-corrected chi connectivity index (χ2v) is 8.38. The summed E-state index contributed by atoms with van der Waals surface area (Å²) in [6.45, 7) is 7.81. The van der Waals surface area contributed by atoms with Gasteiger partial charge in [0.15, 0.2) is 0 Å². The monoisotopic (exact) mass is 433 g/mol. The van der Waals surface area contributed by atoms with Crippen LogP contribution in [0.25, 0.3) is 0 Å². The van der Waals surface area contributed by atoms with Crippen LogP contribution in [0.5, 0.6) is 0 Å². The van der Waals surface area contributed by atoms with Gasteiger partial charge in [-0.25, -0.2) is 4.98 Å². The maximum absolute atomic E-state index is 13.1. The molecular formula is C25H27N3O2S. The number of nitrogens with zero attached hydrogens (tertiary/aromatic N) is 1. The predicted octanol–water partition coefficient (Wildman–Crippen LogP) is 5.55. The van der Waals surface area contributed by atoms with Gasteiger partial charge in [0.1, 0.15) is 5.03 Å². The molecule has 0 unspecified atom stereocenters. The van der Waals surface area contributed by atoms with Crippen LogP contribution in [-0.2, 0) is 11.2 Å². The van der Waals surface area contributed by atoms with Gasteiger partial charge in [0.2, 0.25) is 5.91 Å². The first-order valence-electron chi connectivity index (χ1n) is 10.2. The van der Waals surface area contributed by atoms with Crippen LogP contribution in [0.15, 0.2) is 59.6 Å². The fourth-order valence-corrected chi connectivity index (χ4v) is 4.18. The summed E-state index contributed by atoms with van der Waals surface area (Å²) in [6.07, 6.45) is 0.954. The van der Waals surface area contributed by atoms with Gasteiger partial charge in [-0.05, 0) is 68.1 Å². The molecule has 31 heavy (non-hydrogen) atoms. The average Bonchev–Trinajstić information content (AvgIpc) is 2.74. The Morgan fingerprint density at radius 1 is 0.935 bits per heavy atom. The number of thioether (sulfide) groups is 1. The quantitative estimate of drug-likeness (QED) is 0.479. The van der Waals surface area contributed by atoms with Crippen molar-refractivity contribution in [1.29, 1.82) is 0 Å². The molecular weight excluding hydrogens is 406 g/mol. The summed E-state index contributed by atoms with van der Waals surface area (Å²) in [5, 5.41) is 6.43. The van der Waals surface area contributed by atoms with E-state index in [4.69, 9.17) is 0 Å². The highest BCUT2D eigenvalue weighted by atomic mass is 32.2. The van der Waals surface area contributed by atoms with E-state index in [9.17, 15) is 9.59 Å². The van der Waals surface area contributed by atoms with Crippen LogP contribution >= 0.6 is 11.8 Å². The number of aromatic nitrogens is 1. The lowest BCUT2D eigenvalue weighted by Gasteiger charge is -2.14. The fourth-order valence-electron chi connectivity index (χ4n) is 3.24. The van der Waals surface area contributed by atoms with Gasteiger partial charge >= 0.3 is 0 Å². The van der Waals surface area contributed by atoms with Crippen LogP contribution in [0.1, 0.15) is 39.7 Å². The van der Waals surface area contributed by atoms with Gasteiger partial charge in [0, 0.05) is 17.1 Å². The van der Waals surface area contributed by atoms with Gasteiger partial charge in [0.25, 0.3) is 5.91 Å².